The highest BCUT2D eigenvalue weighted by Gasteiger charge is 2.22. The fourth-order valence-corrected chi connectivity index (χ4v) is 2.60. The van der Waals surface area contributed by atoms with Gasteiger partial charge in [-0.25, -0.2) is 0 Å². The van der Waals surface area contributed by atoms with Crippen LogP contribution in [0, 0.1) is 5.92 Å². The lowest BCUT2D eigenvalue weighted by molar-refractivity contribution is 0.0912. The first kappa shape index (κ1) is 13.1. The molecule has 100 valence electrons. The minimum Gasteiger partial charge on any atom is -0.348 e. The maximum atomic E-state index is 12.2. The molecule has 18 heavy (non-hydrogen) atoms. The molecule has 2 N–H and O–H groups in total. The molecule has 0 radical (unpaired) electrons. The van der Waals surface area contributed by atoms with Gasteiger partial charge in [0.05, 0.1) is 0 Å². The number of aryl methyl sites for hydroxylation is 1. The van der Waals surface area contributed by atoms with Gasteiger partial charge >= 0.3 is 0 Å². The van der Waals surface area contributed by atoms with Gasteiger partial charge < -0.3 is 15.2 Å². The highest BCUT2D eigenvalue weighted by Crippen LogP contribution is 2.14. The smallest absolute Gasteiger partial charge is 0.268 e. The van der Waals surface area contributed by atoms with Gasteiger partial charge in [0.2, 0.25) is 0 Å². The molecule has 1 aromatic heterocycles. The zero-order valence-electron chi connectivity index (χ0n) is 11.3. The zero-order chi connectivity index (χ0) is 13.0. The number of nitrogens with zero attached hydrogens (tertiary/aromatic N) is 1. The van der Waals surface area contributed by atoms with Crippen molar-refractivity contribution in [3.63, 3.8) is 0 Å². The fraction of sp³-hybridized carbons (Fsp3) is 0.643. The molecule has 0 bridgehead atoms. The first-order chi connectivity index (χ1) is 8.72. The molecule has 2 atom stereocenters. The van der Waals surface area contributed by atoms with Crippen LogP contribution in [0.5, 0.6) is 0 Å². The second-order valence-electron chi connectivity index (χ2n) is 5.05. The molecule has 2 heterocycles. The Bertz CT molecular complexity index is 393. The molecule has 1 amide bonds. The van der Waals surface area contributed by atoms with Crippen molar-refractivity contribution in [1.29, 1.82) is 0 Å². The van der Waals surface area contributed by atoms with Gasteiger partial charge in [-0.1, -0.05) is 0 Å². The van der Waals surface area contributed by atoms with Crippen LogP contribution in [0.25, 0.3) is 0 Å². The second-order valence-corrected chi connectivity index (χ2v) is 5.05. The van der Waals surface area contributed by atoms with Crippen LogP contribution in [0.2, 0.25) is 0 Å². The summed E-state index contributed by atoms with van der Waals surface area (Å²) in [7, 11) is 0. The molecule has 2 unspecified atom stereocenters. The molecule has 2 rings (SSSR count). The quantitative estimate of drug-likeness (QED) is 0.852. The van der Waals surface area contributed by atoms with Crippen LogP contribution in [0.4, 0.5) is 0 Å². The molecule has 4 nitrogen and oxygen atoms in total. The molecule has 1 aromatic rings. The standard InChI is InChI=1S/C14H23N3O/c1-3-17-9-5-7-13(17)14(18)16-11(2)12-6-4-8-15-10-12/h5,7,9,11-12,15H,3-4,6,8,10H2,1-2H3,(H,16,18). The number of hydrogen-bond acceptors (Lipinski definition) is 2. The van der Waals surface area contributed by atoms with E-state index in [0.29, 0.717) is 5.92 Å². The van der Waals surface area contributed by atoms with Crippen molar-refractivity contribution < 1.29 is 4.79 Å². The van der Waals surface area contributed by atoms with E-state index in [9.17, 15) is 4.79 Å². The Morgan fingerprint density at radius 2 is 2.50 bits per heavy atom. The summed E-state index contributed by atoms with van der Waals surface area (Å²) in [6.45, 7) is 7.10. The molecule has 1 aliphatic heterocycles. The summed E-state index contributed by atoms with van der Waals surface area (Å²) in [6, 6.07) is 4.03. The van der Waals surface area contributed by atoms with Gasteiger partial charge in [0.1, 0.15) is 5.69 Å². The van der Waals surface area contributed by atoms with E-state index in [2.05, 4.69) is 17.6 Å². The SMILES string of the molecule is CCn1cccc1C(=O)NC(C)C1CCCNC1. The number of aromatic nitrogens is 1. The van der Waals surface area contributed by atoms with E-state index in [-0.39, 0.29) is 11.9 Å². The number of carbonyl (C=O) groups excluding carboxylic acids is 1. The number of carbonyl (C=O) groups is 1. The summed E-state index contributed by atoms with van der Waals surface area (Å²) in [5.74, 6) is 0.590. The third-order valence-corrected chi connectivity index (χ3v) is 3.80. The van der Waals surface area contributed by atoms with Gasteiger partial charge in [0.25, 0.3) is 5.91 Å². The molecule has 0 aromatic carbocycles. The summed E-state index contributed by atoms with van der Waals surface area (Å²) in [4.78, 5) is 12.2. The van der Waals surface area contributed by atoms with Crippen molar-refractivity contribution in [1.82, 2.24) is 15.2 Å². The lowest BCUT2D eigenvalue weighted by Gasteiger charge is -2.29. The van der Waals surface area contributed by atoms with E-state index in [1.807, 2.05) is 29.8 Å². The van der Waals surface area contributed by atoms with Crippen LogP contribution in [-0.2, 0) is 6.54 Å². The van der Waals surface area contributed by atoms with Crippen LogP contribution in [-0.4, -0.2) is 29.6 Å². The van der Waals surface area contributed by atoms with Crippen LogP contribution in [0.15, 0.2) is 18.3 Å². The van der Waals surface area contributed by atoms with E-state index in [4.69, 9.17) is 0 Å². The van der Waals surface area contributed by atoms with Crippen molar-refractivity contribution in [2.75, 3.05) is 13.1 Å². The van der Waals surface area contributed by atoms with Gasteiger partial charge in [0.15, 0.2) is 0 Å². The minimum atomic E-state index is 0.0416. The summed E-state index contributed by atoms with van der Waals surface area (Å²) < 4.78 is 1.97. The van der Waals surface area contributed by atoms with Gasteiger partial charge in [-0.15, -0.1) is 0 Å². The summed E-state index contributed by atoms with van der Waals surface area (Å²) in [5, 5.41) is 6.52. The summed E-state index contributed by atoms with van der Waals surface area (Å²) in [5.41, 5.74) is 0.758. The van der Waals surface area contributed by atoms with Crippen molar-refractivity contribution in [2.24, 2.45) is 5.92 Å². The largest absolute Gasteiger partial charge is 0.348 e. The third kappa shape index (κ3) is 2.93. The lowest BCUT2D eigenvalue weighted by Crippen LogP contribution is -2.44. The van der Waals surface area contributed by atoms with Crippen molar-refractivity contribution in [3.05, 3.63) is 24.0 Å². The van der Waals surface area contributed by atoms with E-state index in [1.165, 1.54) is 12.8 Å². The Balaban J connectivity index is 1.94. The second kappa shape index (κ2) is 6.05. The number of rotatable bonds is 4. The average Bonchev–Trinajstić information content (AvgIpc) is 2.88. The lowest BCUT2D eigenvalue weighted by atomic mass is 9.93. The van der Waals surface area contributed by atoms with Crippen molar-refractivity contribution in [3.8, 4) is 0 Å². The highest BCUT2D eigenvalue weighted by molar-refractivity contribution is 5.92. The van der Waals surface area contributed by atoms with Crippen molar-refractivity contribution in [2.45, 2.75) is 39.3 Å². The molecule has 1 fully saturated rings. The molecule has 1 aliphatic rings. The number of hydrogen-bond donors (Lipinski definition) is 2. The van der Waals surface area contributed by atoms with Gasteiger partial charge in [-0.2, -0.15) is 0 Å². The Morgan fingerprint density at radius 3 is 3.17 bits per heavy atom. The summed E-state index contributed by atoms with van der Waals surface area (Å²) in [6.07, 6.45) is 4.35. The normalized spacial score (nSPS) is 21.6. The molecular weight excluding hydrogens is 226 g/mol. The Hall–Kier alpha value is -1.29. The number of piperidine rings is 1. The third-order valence-electron chi connectivity index (χ3n) is 3.80. The molecular formula is C14H23N3O. The topological polar surface area (TPSA) is 46.1 Å². The van der Waals surface area contributed by atoms with Crippen molar-refractivity contribution >= 4 is 5.91 Å². The molecule has 0 saturated carbocycles. The summed E-state index contributed by atoms with van der Waals surface area (Å²) >= 11 is 0. The Morgan fingerprint density at radius 1 is 1.67 bits per heavy atom. The van der Waals surface area contributed by atoms with Gasteiger partial charge in [-0.3, -0.25) is 4.79 Å². The highest BCUT2D eigenvalue weighted by atomic mass is 16.2. The predicted molar refractivity (Wildman–Crippen MR) is 72.6 cm³/mol. The van der Waals surface area contributed by atoms with Crippen LogP contribution in [0.3, 0.4) is 0 Å². The Labute approximate surface area is 109 Å². The van der Waals surface area contributed by atoms with E-state index >= 15 is 0 Å². The fourth-order valence-electron chi connectivity index (χ4n) is 2.60. The average molecular weight is 249 g/mol. The first-order valence-electron chi connectivity index (χ1n) is 6.89. The minimum absolute atomic E-state index is 0.0416. The monoisotopic (exact) mass is 249 g/mol. The van der Waals surface area contributed by atoms with Gasteiger partial charge in [0, 0.05) is 18.8 Å². The van der Waals surface area contributed by atoms with Crippen LogP contribution < -0.4 is 10.6 Å². The number of amides is 1. The molecule has 0 spiro atoms. The van der Waals surface area contributed by atoms with E-state index in [0.717, 1.165) is 25.3 Å². The zero-order valence-corrected chi connectivity index (χ0v) is 11.3. The maximum Gasteiger partial charge on any atom is 0.268 e. The van der Waals surface area contributed by atoms with Crippen LogP contribution >= 0.6 is 0 Å². The Kier molecular flexibility index (Phi) is 4.42. The first-order valence-corrected chi connectivity index (χ1v) is 6.89. The molecule has 0 aliphatic carbocycles. The van der Waals surface area contributed by atoms with Gasteiger partial charge in [-0.05, 0) is 57.8 Å². The maximum absolute atomic E-state index is 12.2. The predicted octanol–water partition coefficient (Wildman–Crippen LogP) is 1.63. The van der Waals surface area contributed by atoms with E-state index < -0.39 is 0 Å². The van der Waals surface area contributed by atoms with Crippen LogP contribution in [0.1, 0.15) is 37.2 Å². The molecule has 4 heteroatoms. The molecule has 1 saturated heterocycles. The van der Waals surface area contributed by atoms with E-state index in [1.54, 1.807) is 0 Å². The number of nitrogens with one attached hydrogen (secondary N) is 2.